The fourth-order valence-corrected chi connectivity index (χ4v) is 2.52. The fourth-order valence-electron chi connectivity index (χ4n) is 2.52. The Morgan fingerprint density at radius 2 is 0.588 bits per heavy atom. The minimum absolute atomic E-state index is 0. The first-order chi connectivity index (χ1) is 16.2. The van der Waals surface area contributed by atoms with Crippen LogP contribution in [0.1, 0.15) is 117 Å². The predicted octanol–water partition coefficient (Wildman–Crippen LogP) is 5.89. The third-order valence-electron chi connectivity index (χ3n) is 4.77. The summed E-state index contributed by atoms with van der Waals surface area (Å²) in [4.78, 5) is 0. The maximum atomic E-state index is 8.47. The second-order valence-corrected chi connectivity index (χ2v) is 8.25. The zero-order valence-corrected chi connectivity index (χ0v) is 26.0. The Hall–Kier alpha value is 0.864. The van der Waals surface area contributed by atoms with Gasteiger partial charge in [0.15, 0.2) is 0 Å². The van der Waals surface area contributed by atoms with Crippen LogP contribution in [0.4, 0.5) is 0 Å². The normalized spacial score (nSPS) is 10.1. The van der Waals surface area contributed by atoms with Crippen LogP contribution in [-0.4, -0.2) is 74.8 Å². The average Bonchev–Trinajstić information content (AvgIpc) is 2.83. The first-order valence-corrected chi connectivity index (χ1v) is 13.8. The van der Waals surface area contributed by atoms with Crippen LogP contribution in [0.15, 0.2) is 0 Å². The summed E-state index contributed by atoms with van der Waals surface area (Å²) >= 11 is 0. The summed E-state index contributed by atoms with van der Waals surface area (Å²) in [7, 11) is 0. The molecule has 0 aliphatic rings. The van der Waals surface area contributed by atoms with Gasteiger partial charge in [-0.15, -0.1) is 0 Å². The van der Waals surface area contributed by atoms with Gasteiger partial charge in [-0.05, 0) is 77.0 Å². The van der Waals surface area contributed by atoms with Crippen LogP contribution < -0.4 is 0 Å². The molecule has 0 rings (SSSR count). The third-order valence-corrected chi connectivity index (χ3v) is 4.77. The Labute approximate surface area is 237 Å². The van der Waals surface area contributed by atoms with E-state index >= 15 is 0 Å². The van der Waals surface area contributed by atoms with Gasteiger partial charge in [0.2, 0.25) is 0 Å². The van der Waals surface area contributed by atoms with Crippen LogP contribution in [0, 0.1) is 0 Å². The van der Waals surface area contributed by atoms with Crippen molar-refractivity contribution in [3.8, 4) is 0 Å². The zero-order chi connectivity index (χ0) is 25.1. The summed E-state index contributed by atoms with van der Waals surface area (Å²) in [5, 5.41) is 25.4. The fraction of sp³-hybridized carbons (Fsp3) is 1.00. The van der Waals surface area contributed by atoms with E-state index < -0.39 is 0 Å². The van der Waals surface area contributed by atoms with Crippen molar-refractivity contribution in [2.75, 3.05) is 59.5 Å². The van der Waals surface area contributed by atoms with Crippen LogP contribution in [-0.2, 0) is 46.9 Å². The Morgan fingerprint density at radius 3 is 0.794 bits per heavy atom. The first kappa shape index (κ1) is 42.0. The Balaban J connectivity index is -0.000000196. The molecule has 0 fully saturated rings. The Bertz CT molecular complexity index is 219. The maximum absolute atomic E-state index is 8.47. The summed E-state index contributed by atoms with van der Waals surface area (Å²) < 4.78 is 16.0. The van der Waals surface area contributed by atoms with E-state index in [0.717, 1.165) is 97.4 Å². The van der Waals surface area contributed by atoms with Gasteiger partial charge in [0, 0.05) is 92.2 Å². The molecule has 0 amide bonds. The molecule has 0 saturated carbocycles. The molecule has 6 nitrogen and oxygen atoms in total. The van der Waals surface area contributed by atoms with Crippen molar-refractivity contribution in [2.45, 2.75) is 117 Å². The van der Waals surface area contributed by atoms with E-state index in [1.54, 1.807) is 0 Å². The van der Waals surface area contributed by atoms with E-state index in [-0.39, 0.29) is 32.7 Å². The van der Waals surface area contributed by atoms with Crippen LogP contribution in [0.25, 0.3) is 0 Å². The number of hydrogen-bond donors (Lipinski definition) is 3. The molecule has 207 valence electrons. The second-order valence-electron chi connectivity index (χ2n) is 8.25. The van der Waals surface area contributed by atoms with Crippen LogP contribution >= 0.6 is 0 Å². The van der Waals surface area contributed by atoms with Gasteiger partial charge in [0.05, 0.1) is 0 Å². The largest absolute Gasteiger partial charge is 0.396 e. The van der Waals surface area contributed by atoms with Gasteiger partial charge < -0.3 is 29.5 Å². The number of unbranched alkanes of at least 4 members (excludes halogenated alkanes) is 9. The van der Waals surface area contributed by atoms with Crippen LogP contribution in [0.3, 0.4) is 0 Å². The summed E-state index contributed by atoms with van der Waals surface area (Å²) in [6.07, 6.45) is 16.4. The molecule has 1 radical (unpaired) electrons. The molecule has 0 aromatic carbocycles. The van der Waals surface area contributed by atoms with Gasteiger partial charge in [-0.2, -0.15) is 0 Å². The molecule has 0 aliphatic carbocycles. The summed E-state index contributed by atoms with van der Waals surface area (Å²) in [5.41, 5.74) is 0. The molecule has 0 unspecified atom stereocenters. The number of rotatable bonds is 24. The molecule has 3 N–H and O–H groups in total. The van der Waals surface area contributed by atoms with Gasteiger partial charge in [-0.25, -0.2) is 0 Å². The third kappa shape index (κ3) is 54.0. The smallest absolute Gasteiger partial charge is 0.0466 e. The molecule has 0 aromatic rings. The van der Waals surface area contributed by atoms with E-state index in [0.29, 0.717) is 19.8 Å². The SMILES string of the molecule is CCCCOCCCCCO.CCCCOCCCCCO.CCCCOCCCCCO.[Y]. The van der Waals surface area contributed by atoms with Crippen molar-refractivity contribution in [2.24, 2.45) is 0 Å². The van der Waals surface area contributed by atoms with E-state index in [4.69, 9.17) is 29.5 Å². The number of hydrogen-bond acceptors (Lipinski definition) is 6. The van der Waals surface area contributed by atoms with Crippen molar-refractivity contribution in [1.82, 2.24) is 0 Å². The topological polar surface area (TPSA) is 88.4 Å². The summed E-state index contributed by atoms with van der Waals surface area (Å²) in [6.45, 7) is 12.7. The van der Waals surface area contributed by atoms with Crippen molar-refractivity contribution in [3.63, 3.8) is 0 Å². The van der Waals surface area contributed by atoms with Gasteiger partial charge in [-0.3, -0.25) is 0 Å². The number of aliphatic hydroxyl groups excluding tert-OH is 3. The standard InChI is InChI=1S/3C9H20O2.Y/c3*1-2-3-8-11-9-6-4-5-7-10;/h3*10H,2-9H2,1H3;. The Kier molecular flexibility index (Phi) is 58.2. The summed E-state index contributed by atoms with van der Waals surface area (Å²) in [5.74, 6) is 0. The molecule has 0 bridgehead atoms. The van der Waals surface area contributed by atoms with Gasteiger partial charge in [0.1, 0.15) is 0 Å². The van der Waals surface area contributed by atoms with E-state index in [2.05, 4.69) is 20.8 Å². The molecule has 0 atom stereocenters. The quantitative estimate of drug-likeness (QED) is 0.126. The van der Waals surface area contributed by atoms with Crippen molar-refractivity contribution < 1.29 is 62.2 Å². The molecule has 7 heteroatoms. The first-order valence-electron chi connectivity index (χ1n) is 13.8. The van der Waals surface area contributed by atoms with Gasteiger partial charge in [0.25, 0.3) is 0 Å². The van der Waals surface area contributed by atoms with Crippen LogP contribution in [0.2, 0.25) is 0 Å². The molecule has 0 saturated heterocycles. The monoisotopic (exact) mass is 569 g/mol. The van der Waals surface area contributed by atoms with Gasteiger partial charge in [-0.1, -0.05) is 40.0 Å². The molecule has 0 spiro atoms. The molecular weight excluding hydrogens is 509 g/mol. The molecule has 0 aliphatic heterocycles. The number of aliphatic hydroxyl groups is 3. The molecule has 0 heterocycles. The van der Waals surface area contributed by atoms with Crippen molar-refractivity contribution in [3.05, 3.63) is 0 Å². The van der Waals surface area contributed by atoms with E-state index in [9.17, 15) is 0 Å². The number of ether oxygens (including phenoxy) is 3. The van der Waals surface area contributed by atoms with E-state index in [1.165, 1.54) is 38.5 Å². The molecule has 0 aromatic heterocycles. The summed E-state index contributed by atoms with van der Waals surface area (Å²) in [6, 6.07) is 0. The van der Waals surface area contributed by atoms with Crippen LogP contribution in [0.5, 0.6) is 0 Å². The average molecular weight is 570 g/mol. The predicted molar refractivity (Wildman–Crippen MR) is 140 cm³/mol. The maximum Gasteiger partial charge on any atom is 0.0466 e. The minimum atomic E-state index is 0. The Morgan fingerprint density at radius 1 is 0.353 bits per heavy atom. The zero-order valence-electron chi connectivity index (χ0n) is 23.1. The minimum Gasteiger partial charge on any atom is -0.396 e. The molecule has 34 heavy (non-hydrogen) atoms. The van der Waals surface area contributed by atoms with Gasteiger partial charge >= 0.3 is 0 Å². The second kappa shape index (κ2) is 47.1. The van der Waals surface area contributed by atoms with Crippen molar-refractivity contribution >= 4 is 0 Å². The van der Waals surface area contributed by atoms with Crippen molar-refractivity contribution in [1.29, 1.82) is 0 Å². The molecular formula is C27H60O6Y. The van der Waals surface area contributed by atoms with E-state index in [1.807, 2.05) is 0 Å².